The minimum atomic E-state index is 0.164. The molecule has 0 aliphatic carbocycles. The predicted octanol–water partition coefficient (Wildman–Crippen LogP) is 0.455. The van der Waals surface area contributed by atoms with Crippen LogP contribution in [0.2, 0.25) is 0 Å². The minimum absolute atomic E-state index is 0.164. The number of hydrogen-bond donors (Lipinski definition) is 1. The highest BCUT2D eigenvalue weighted by Crippen LogP contribution is 2.18. The van der Waals surface area contributed by atoms with Crippen LogP contribution in [0.3, 0.4) is 0 Å². The number of piperazine rings is 1. The average molecular weight is 394 g/mol. The van der Waals surface area contributed by atoms with Gasteiger partial charge in [-0.2, -0.15) is 0 Å². The van der Waals surface area contributed by atoms with Gasteiger partial charge >= 0.3 is 0 Å². The average Bonchev–Trinajstić information content (AvgIpc) is 2.44. The minimum Gasteiger partial charge on any atom is -0.346 e. The number of carbonyl (C=O) groups excluding carboxylic acids is 1. The van der Waals surface area contributed by atoms with Crippen molar-refractivity contribution in [2.75, 3.05) is 64.0 Å². The Labute approximate surface area is 136 Å². The number of piperidine rings is 1. The molecule has 6 heteroatoms. The highest BCUT2D eigenvalue weighted by atomic mass is 127. The number of rotatable bonds is 5. The van der Waals surface area contributed by atoms with Crippen molar-refractivity contribution in [2.45, 2.75) is 12.8 Å². The lowest BCUT2D eigenvalue weighted by molar-refractivity contribution is -0.122. The van der Waals surface area contributed by atoms with Crippen LogP contribution in [0, 0.1) is 5.92 Å². The Bertz CT molecular complexity index is 300. The molecule has 0 atom stereocenters. The first-order valence-corrected chi connectivity index (χ1v) is 9.16. The maximum atomic E-state index is 11.6. The second-order valence-electron chi connectivity index (χ2n) is 6.06. The molecule has 2 saturated heterocycles. The van der Waals surface area contributed by atoms with Gasteiger partial charge in [0.1, 0.15) is 0 Å². The third-order valence-corrected chi connectivity index (χ3v) is 4.83. The van der Waals surface area contributed by atoms with E-state index in [1.54, 1.807) is 0 Å². The Kier molecular flexibility index (Phi) is 7.00. The number of amides is 1. The smallest absolute Gasteiger partial charge is 0.234 e. The fraction of sp³-hybridized carbons (Fsp3) is 0.929. The first-order valence-electron chi connectivity index (χ1n) is 7.63. The van der Waals surface area contributed by atoms with E-state index in [1.807, 2.05) is 0 Å². The molecule has 0 bridgehead atoms. The molecule has 2 rings (SSSR count). The van der Waals surface area contributed by atoms with Gasteiger partial charge in [-0.05, 0) is 38.9 Å². The van der Waals surface area contributed by atoms with Crippen LogP contribution < -0.4 is 5.32 Å². The van der Waals surface area contributed by atoms with E-state index in [1.165, 1.54) is 45.6 Å². The molecule has 20 heavy (non-hydrogen) atoms. The van der Waals surface area contributed by atoms with Crippen LogP contribution in [0.25, 0.3) is 0 Å². The van der Waals surface area contributed by atoms with Crippen LogP contribution in [0.15, 0.2) is 0 Å². The van der Waals surface area contributed by atoms with Gasteiger partial charge in [0.05, 0.1) is 11.1 Å². The van der Waals surface area contributed by atoms with Crippen molar-refractivity contribution in [2.24, 2.45) is 5.92 Å². The van der Waals surface area contributed by atoms with Gasteiger partial charge in [0, 0.05) is 32.7 Å². The zero-order valence-electron chi connectivity index (χ0n) is 12.5. The summed E-state index contributed by atoms with van der Waals surface area (Å²) in [5, 5.41) is 2.87. The first kappa shape index (κ1) is 16.5. The van der Waals surface area contributed by atoms with E-state index in [0.717, 1.165) is 19.0 Å². The maximum Gasteiger partial charge on any atom is 0.234 e. The van der Waals surface area contributed by atoms with Gasteiger partial charge in [-0.3, -0.25) is 9.69 Å². The number of carbonyl (C=O) groups is 1. The summed E-state index contributed by atoms with van der Waals surface area (Å²) in [6, 6.07) is 0. The lowest BCUT2D eigenvalue weighted by Gasteiger charge is -2.37. The summed E-state index contributed by atoms with van der Waals surface area (Å²) in [4.78, 5) is 18.9. The van der Waals surface area contributed by atoms with Crippen molar-refractivity contribution in [3.05, 3.63) is 0 Å². The number of halogens is 1. The van der Waals surface area contributed by atoms with Crippen molar-refractivity contribution in [3.63, 3.8) is 0 Å². The second-order valence-corrected chi connectivity index (χ2v) is 6.82. The van der Waals surface area contributed by atoms with Gasteiger partial charge in [0.15, 0.2) is 0 Å². The predicted molar refractivity (Wildman–Crippen MR) is 90.1 cm³/mol. The van der Waals surface area contributed by atoms with Crippen LogP contribution in [0.5, 0.6) is 0 Å². The van der Waals surface area contributed by atoms with Gasteiger partial charge in [0.2, 0.25) is 5.91 Å². The van der Waals surface area contributed by atoms with Crippen LogP contribution in [0.4, 0.5) is 0 Å². The molecule has 1 amide bonds. The summed E-state index contributed by atoms with van der Waals surface area (Å²) in [6.45, 7) is 8.82. The van der Waals surface area contributed by atoms with Crippen LogP contribution in [0.1, 0.15) is 12.8 Å². The van der Waals surface area contributed by atoms with Crippen molar-refractivity contribution in [1.82, 2.24) is 20.0 Å². The van der Waals surface area contributed by atoms with Crippen LogP contribution >= 0.6 is 22.6 Å². The molecule has 0 spiro atoms. The number of hydrogen-bond acceptors (Lipinski definition) is 4. The molecule has 2 aliphatic heterocycles. The van der Waals surface area contributed by atoms with E-state index in [0.29, 0.717) is 11.1 Å². The number of likely N-dealkylation sites (N-methyl/N-ethyl adjacent to an activating group) is 1. The summed E-state index contributed by atoms with van der Waals surface area (Å²) in [7, 11) is 2.20. The Morgan fingerprint density at radius 1 is 1.10 bits per heavy atom. The molecule has 0 aromatic heterocycles. The van der Waals surface area contributed by atoms with Crippen molar-refractivity contribution in [3.8, 4) is 0 Å². The van der Waals surface area contributed by atoms with E-state index in [-0.39, 0.29) is 5.91 Å². The summed E-state index contributed by atoms with van der Waals surface area (Å²) < 4.78 is 0.705. The Morgan fingerprint density at radius 2 is 1.75 bits per heavy atom. The molecule has 2 heterocycles. The summed E-state index contributed by atoms with van der Waals surface area (Å²) in [5.74, 6) is 0.985. The zero-order chi connectivity index (χ0) is 14.4. The first-order chi connectivity index (χ1) is 9.67. The fourth-order valence-electron chi connectivity index (χ4n) is 3.06. The molecule has 116 valence electrons. The molecule has 2 aliphatic rings. The van der Waals surface area contributed by atoms with E-state index < -0.39 is 0 Å². The molecule has 0 saturated carbocycles. The van der Waals surface area contributed by atoms with Gasteiger partial charge in [-0.15, -0.1) is 0 Å². The molecule has 1 N–H and O–H groups in total. The van der Waals surface area contributed by atoms with Gasteiger partial charge < -0.3 is 15.1 Å². The third-order valence-electron chi connectivity index (χ3n) is 4.45. The van der Waals surface area contributed by atoms with Gasteiger partial charge in [0.25, 0.3) is 0 Å². The molecular weight excluding hydrogens is 367 g/mol. The molecule has 0 unspecified atom stereocenters. The van der Waals surface area contributed by atoms with E-state index in [2.05, 4.69) is 49.7 Å². The Balaban J connectivity index is 1.63. The normalized spacial score (nSPS) is 23.9. The van der Waals surface area contributed by atoms with Crippen molar-refractivity contribution in [1.29, 1.82) is 0 Å². The van der Waals surface area contributed by atoms with Gasteiger partial charge in [-0.25, -0.2) is 0 Å². The van der Waals surface area contributed by atoms with E-state index in [9.17, 15) is 4.79 Å². The lowest BCUT2D eigenvalue weighted by atomic mass is 9.96. The Hall–Kier alpha value is 0.0800. The standard InChI is InChI=1S/C14H27IN4O/c1-17-6-8-19(9-7-17)10-13-2-4-18(5-3-13)11-14(20)16-12-15/h13H,2-12H2,1H3,(H,16,20). The summed E-state index contributed by atoms with van der Waals surface area (Å²) in [6.07, 6.45) is 2.48. The second kappa shape index (κ2) is 8.51. The van der Waals surface area contributed by atoms with E-state index >= 15 is 0 Å². The van der Waals surface area contributed by atoms with Crippen molar-refractivity contribution < 1.29 is 4.79 Å². The fourth-order valence-corrected chi connectivity index (χ4v) is 3.48. The molecule has 0 aromatic rings. The van der Waals surface area contributed by atoms with Crippen LogP contribution in [-0.4, -0.2) is 84.6 Å². The number of nitrogens with zero attached hydrogens (tertiary/aromatic N) is 3. The third kappa shape index (κ3) is 5.46. The number of nitrogens with one attached hydrogen (secondary N) is 1. The molecule has 5 nitrogen and oxygen atoms in total. The van der Waals surface area contributed by atoms with Gasteiger partial charge in [-0.1, -0.05) is 22.6 Å². The molecule has 2 fully saturated rings. The Morgan fingerprint density at radius 3 is 2.35 bits per heavy atom. The lowest BCUT2D eigenvalue weighted by Crippen LogP contribution is -2.48. The van der Waals surface area contributed by atoms with E-state index in [4.69, 9.17) is 0 Å². The largest absolute Gasteiger partial charge is 0.346 e. The topological polar surface area (TPSA) is 38.8 Å². The summed E-state index contributed by atoms with van der Waals surface area (Å²) >= 11 is 2.17. The SMILES string of the molecule is CN1CCN(CC2CCN(CC(=O)NCI)CC2)CC1. The van der Waals surface area contributed by atoms with Crippen molar-refractivity contribution >= 4 is 28.5 Å². The molecular formula is C14H27IN4O. The number of alkyl halides is 1. The zero-order valence-corrected chi connectivity index (χ0v) is 14.6. The van der Waals surface area contributed by atoms with Crippen LogP contribution in [-0.2, 0) is 4.79 Å². The summed E-state index contributed by atoms with van der Waals surface area (Å²) in [5.41, 5.74) is 0. The quantitative estimate of drug-likeness (QED) is 0.418. The molecule has 0 aromatic carbocycles. The number of likely N-dealkylation sites (tertiary alicyclic amines) is 1. The highest BCUT2D eigenvalue weighted by Gasteiger charge is 2.23. The monoisotopic (exact) mass is 394 g/mol. The maximum absolute atomic E-state index is 11.6. The molecule has 0 radical (unpaired) electrons. The highest BCUT2D eigenvalue weighted by molar-refractivity contribution is 14.1.